The van der Waals surface area contributed by atoms with Gasteiger partial charge in [0.05, 0.1) is 11.4 Å². The van der Waals surface area contributed by atoms with Crippen LogP contribution < -0.4 is 0 Å². The van der Waals surface area contributed by atoms with Gasteiger partial charge in [0.1, 0.15) is 0 Å². The maximum atomic E-state index is 5.20. The summed E-state index contributed by atoms with van der Waals surface area (Å²) in [5, 5.41) is 2.06. The molecule has 0 aliphatic carbocycles. The fourth-order valence-electron chi connectivity index (χ4n) is 1.17. The first-order chi connectivity index (χ1) is 7.40. The molecule has 3 heteroatoms. The van der Waals surface area contributed by atoms with E-state index in [1.807, 2.05) is 18.2 Å². The summed E-state index contributed by atoms with van der Waals surface area (Å²) in [7, 11) is 0. The second-order valence-corrected chi connectivity index (χ2v) is 4.94. The highest BCUT2D eigenvalue weighted by Gasteiger charge is 2.03. The maximum absolute atomic E-state index is 5.20. The van der Waals surface area contributed by atoms with Crippen molar-refractivity contribution in [3.63, 3.8) is 0 Å². The van der Waals surface area contributed by atoms with E-state index in [1.165, 1.54) is 0 Å². The van der Waals surface area contributed by atoms with Crippen LogP contribution in [0.4, 0.5) is 0 Å². The molecule has 1 nitrogen and oxygen atoms in total. The van der Waals surface area contributed by atoms with E-state index in [0.29, 0.717) is 5.75 Å². The third-order valence-electron chi connectivity index (χ3n) is 1.83. The highest BCUT2D eigenvalue weighted by Crippen LogP contribution is 2.27. The third-order valence-corrected chi connectivity index (χ3v) is 3.76. The molecule has 0 fully saturated rings. The second-order valence-electron chi connectivity index (χ2n) is 2.86. The van der Waals surface area contributed by atoms with Crippen molar-refractivity contribution in [2.75, 3.05) is 5.75 Å². The molecule has 1 aromatic carbocycles. The molecule has 1 heterocycles. The van der Waals surface area contributed by atoms with E-state index in [4.69, 9.17) is 6.42 Å². The lowest BCUT2D eigenvalue weighted by Gasteiger charge is -1.93. The topological polar surface area (TPSA) is 12.9 Å². The molecule has 74 valence electrons. The van der Waals surface area contributed by atoms with Crippen LogP contribution in [-0.2, 0) is 0 Å². The summed E-state index contributed by atoms with van der Waals surface area (Å²) < 4.78 is 1.03. The van der Waals surface area contributed by atoms with Crippen LogP contribution in [0.15, 0.2) is 40.1 Å². The molecule has 0 atom stereocenters. The maximum Gasteiger partial charge on any atom is 0.151 e. The Labute approximate surface area is 97.6 Å². The minimum atomic E-state index is 0.682. The summed E-state index contributed by atoms with van der Waals surface area (Å²) in [6.07, 6.45) is 5.20. The van der Waals surface area contributed by atoms with Crippen molar-refractivity contribution in [3.05, 3.63) is 35.7 Å². The number of aromatic nitrogens is 1. The minimum absolute atomic E-state index is 0.682. The predicted molar refractivity (Wildman–Crippen MR) is 67.1 cm³/mol. The average Bonchev–Trinajstić information content (AvgIpc) is 2.76. The van der Waals surface area contributed by atoms with Crippen LogP contribution in [-0.4, -0.2) is 10.7 Å². The van der Waals surface area contributed by atoms with Crippen LogP contribution in [0, 0.1) is 12.3 Å². The predicted octanol–water partition coefficient (Wildman–Crippen LogP) is 3.54. The molecular weight excluding hydrogens is 222 g/mol. The quantitative estimate of drug-likeness (QED) is 0.592. The molecule has 2 aromatic rings. The Morgan fingerprint density at radius 1 is 1.33 bits per heavy atom. The van der Waals surface area contributed by atoms with E-state index in [9.17, 15) is 0 Å². The normalized spacial score (nSPS) is 9.80. The molecule has 0 spiro atoms. The molecule has 0 saturated carbocycles. The van der Waals surface area contributed by atoms with E-state index < -0.39 is 0 Å². The zero-order valence-electron chi connectivity index (χ0n) is 8.01. The molecule has 2 rings (SSSR count). The monoisotopic (exact) mass is 231 g/mol. The van der Waals surface area contributed by atoms with Crippen molar-refractivity contribution in [2.45, 2.75) is 4.34 Å². The van der Waals surface area contributed by atoms with E-state index in [2.05, 4.69) is 28.4 Å². The molecule has 0 radical (unpaired) electrons. The zero-order valence-corrected chi connectivity index (χ0v) is 9.65. The molecule has 15 heavy (non-hydrogen) atoms. The number of benzene rings is 1. The van der Waals surface area contributed by atoms with Gasteiger partial charge in [0.15, 0.2) is 4.34 Å². The van der Waals surface area contributed by atoms with Gasteiger partial charge < -0.3 is 0 Å². The fourth-order valence-corrected chi connectivity index (χ4v) is 2.68. The number of hydrogen-bond donors (Lipinski definition) is 0. The van der Waals surface area contributed by atoms with E-state index in [0.717, 1.165) is 15.6 Å². The number of rotatable bonds is 3. The summed E-state index contributed by atoms with van der Waals surface area (Å²) in [4.78, 5) is 4.50. The van der Waals surface area contributed by atoms with E-state index >= 15 is 0 Å². The number of nitrogens with zero attached hydrogens (tertiary/aromatic N) is 1. The first-order valence-electron chi connectivity index (χ1n) is 4.47. The van der Waals surface area contributed by atoms with Crippen LogP contribution in [0.3, 0.4) is 0 Å². The van der Waals surface area contributed by atoms with Crippen LogP contribution in [0.25, 0.3) is 11.3 Å². The molecule has 0 unspecified atom stereocenters. The van der Waals surface area contributed by atoms with E-state index in [-0.39, 0.29) is 0 Å². The second kappa shape index (κ2) is 5.01. The minimum Gasteiger partial charge on any atom is -0.230 e. The molecular formula is C12H9NS2. The van der Waals surface area contributed by atoms with Crippen molar-refractivity contribution in [1.29, 1.82) is 0 Å². The largest absolute Gasteiger partial charge is 0.230 e. The Morgan fingerprint density at radius 3 is 2.87 bits per heavy atom. The molecule has 0 aliphatic rings. The number of hydrogen-bond acceptors (Lipinski definition) is 3. The lowest BCUT2D eigenvalue weighted by atomic mass is 10.2. The van der Waals surface area contributed by atoms with Gasteiger partial charge in [-0.1, -0.05) is 48.0 Å². The first-order valence-corrected chi connectivity index (χ1v) is 6.34. The number of terminal acetylenes is 1. The third kappa shape index (κ3) is 2.62. The van der Waals surface area contributed by atoms with E-state index in [1.54, 1.807) is 23.1 Å². The van der Waals surface area contributed by atoms with Crippen molar-refractivity contribution in [1.82, 2.24) is 4.98 Å². The van der Waals surface area contributed by atoms with Gasteiger partial charge in [0, 0.05) is 10.9 Å². The van der Waals surface area contributed by atoms with Gasteiger partial charge in [-0.2, -0.15) is 0 Å². The highest BCUT2D eigenvalue weighted by molar-refractivity contribution is 8.01. The SMILES string of the molecule is C#CCSc1nc(-c2ccccc2)cs1. The molecule has 0 bridgehead atoms. The Bertz CT molecular complexity index is 468. The Kier molecular flexibility index (Phi) is 3.44. The summed E-state index contributed by atoms with van der Waals surface area (Å²) in [5.74, 6) is 3.28. The fraction of sp³-hybridized carbons (Fsp3) is 0.0833. The molecule has 1 aromatic heterocycles. The lowest BCUT2D eigenvalue weighted by molar-refractivity contribution is 1.26. The number of thioether (sulfide) groups is 1. The standard InChI is InChI=1S/C12H9NS2/c1-2-8-14-12-13-11(9-15-12)10-6-4-3-5-7-10/h1,3-7,9H,8H2. The first kappa shape index (κ1) is 10.3. The van der Waals surface area contributed by atoms with Crippen molar-refractivity contribution in [3.8, 4) is 23.6 Å². The summed E-state index contributed by atoms with van der Waals surface area (Å²) >= 11 is 3.25. The lowest BCUT2D eigenvalue weighted by Crippen LogP contribution is -1.77. The number of thiazole rings is 1. The molecule has 0 N–H and O–H groups in total. The Morgan fingerprint density at radius 2 is 2.13 bits per heavy atom. The summed E-state index contributed by atoms with van der Waals surface area (Å²) in [6, 6.07) is 10.2. The Hall–Kier alpha value is -1.24. The molecule has 0 saturated heterocycles. The molecule has 0 amide bonds. The van der Waals surface area contributed by atoms with Crippen molar-refractivity contribution < 1.29 is 0 Å². The van der Waals surface area contributed by atoms with Gasteiger partial charge >= 0.3 is 0 Å². The summed E-state index contributed by atoms with van der Waals surface area (Å²) in [6.45, 7) is 0. The Balaban J connectivity index is 2.18. The van der Waals surface area contributed by atoms with Crippen LogP contribution in [0.5, 0.6) is 0 Å². The van der Waals surface area contributed by atoms with Crippen molar-refractivity contribution >= 4 is 23.1 Å². The van der Waals surface area contributed by atoms with Gasteiger partial charge in [0.25, 0.3) is 0 Å². The molecule has 0 aliphatic heterocycles. The highest BCUT2D eigenvalue weighted by atomic mass is 32.2. The van der Waals surface area contributed by atoms with Gasteiger partial charge in [-0.05, 0) is 0 Å². The van der Waals surface area contributed by atoms with Gasteiger partial charge in [-0.15, -0.1) is 17.8 Å². The van der Waals surface area contributed by atoms with Gasteiger partial charge in [-0.25, -0.2) is 4.98 Å². The smallest absolute Gasteiger partial charge is 0.151 e. The van der Waals surface area contributed by atoms with Crippen molar-refractivity contribution in [2.24, 2.45) is 0 Å². The van der Waals surface area contributed by atoms with Gasteiger partial charge in [0.2, 0.25) is 0 Å². The average molecular weight is 231 g/mol. The van der Waals surface area contributed by atoms with Crippen LogP contribution >= 0.6 is 23.1 Å². The summed E-state index contributed by atoms with van der Waals surface area (Å²) in [5.41, 5.74) is 2.18. The van der Waals surface area contributed by atoms with Crippen LogP contribution in [0.1, 0.15) is 0 Å². The zero-order chi connectivity index (χ0) is 10.5. The van der Waals surface area contributed by atoms with Crippen LogP contribution in [0.2, 0.25) is 0 Å². The van der Waals surface area contributed by atoms with Gasteiger partial charge in [-0.3, -0.25) is 0 Å².